The zero-order valence-corrected chi connectivity index (χ0v) is 17.2. The number of amides is 1. The van der Waals surface area contributed by atoms with Crippen LogP contribution < -0.4 is 5.32 Å². The van der Waals surface area contributed by atoms with Crippen LogP contribution >= 0.6 is 0 Å². The Kier molecular flexibility index (Phi) is 7.17. The highest BCUT2D eigenvalue weighted by Crippen LogP contribution is 2.17. The van der Waals surface area contributed by atoms with Crippen LogP contribution in [0.1, 0.15) is 23.4 Å². The SMILES string of the molecule is Cc1noc(C)c1CN1CCN(C[C@H](CC(=O)Nc2ccc(F)cc2)C(=O)O)CC1. The average Bonchev–Trinajstić information content (AvgIpc) is 3.02. The second kappa shape index (κ2) is 9.82. The number of halogens is 1. The highest BCUT2D eigenvalue weighted by molar-refractivity contribution is 5.93. The fraction of sp³-hybridized carbons (Fsp3) is 0.476. The van der Waals surface area contributed by atoms with Crippen molar-refractivity contribution in [1.82, 2.24) is 15.0 Å². The zero-order valence-electron chi connectivity index (χ0n) is 17.2. The Morgan fingerprint density at radius 1 is 1.17 bits per heavy atom. The van der Waals surface area contributed by atoms with Crippen LogP contribution in [0.2, 0.25) is 0 Å². The Hall–Kier alpha value is -2.78. The molecule has 1 fully saturated rings. The summed E-state index contributed by atoms with van der Waals surface area (Å²) in [6.07, 6.45) is -0.133. The van der Waals surface area contributed by atoms with E-state index in [2.05, 4.69) is 20.3 Å². The first-order valence-corrected chi connectivity index (χ1v) is 9.96. The molecule has 0 bridgehead atoms. The predicted octanol–water partition coefficient (Wildman–Crippen LogP) is 2.28. The van der Waals surface area contributed by atoms with Crippen LogP contribution in [-0.4, -0.2) is 64.7 Å². The highest BCUT2D eigenvalue weighted by atomic mass is 19.1. The van der Waals surface area contributed by atoms with Crippen molar-refractivity contribution in [3.05, 3.63) is 47.1 Å². The zero-order chi connectivity index (χ0) is 21.7. The molecule has 2 N–H and O–H groups in total. The average molecular weight is 418 g/mol. The molecule has 0 aliphatic carbocycles. The molecule has 2 heterocycles. The lowest BCUT2D eigenvalue weighted by Crippen LogP contribution is -2.48. The summed E-state index contributed by atoms with van der Waals surface area (Å²) < 4.78 is 18.2. The van der Waals surface area contributed by atoms with Crippen molar-refractivity contribution in [1.29, 1.82) is 0 Å². The number of piperazine rings is 1. The van der Waals surface area contributed by atoms with Crippen molar-refractivity contribution in [2.45, 2.75) is 26.8 Å². The van der Waals surface area contributed by atoms with Gasteiger partial charge in [0.1, 0.15) is 11.6 Å². The molecule has 3 rings (SSSR count). The van der Waals surface area contributed by atoms with Gasteiger partial charge < -0.3 is 14.9 Å². The molecular formula is C21H27FN4O4. The number of nitrogens with zero attached hydrogens (tertiary/aromatic N) is 3. The summed E-state index contributed by atoms with van der Waals surface area (Å²) >= 11 is 0. The summed E-state index contributed by atoms with van der Waals surface area (Å²) in [6, 6.07) is 5.38. The maximum absolute atomic E-state index is 13.0. The van der Waals surface area contributed by atoms with Gasteiger partial charge in [-0.1, -0.05) is 5.16 Å². The van der Waals surface area contributed by atoms with Crippen LogP contribution in [-0.2, 0) is 16.1 Å². The summed E-state index contributed by atoms with van der Waals surface area (Å²) in [7, 11) is 0. The van der Waals surface area contributed by atoms with E-state index in [4.69, 9.17) is 4.52 Å². The van der Waals surface area contributed by atoms with Crippen LogP contribution in [0, 0.1) is 25.6 Å². The smallest absolute Gasteiger partial charge is 0.308 e. The lowest BCUT2D eigenvalue weighted by atomic mass is 10.0. The van der Waals surface area contributed by atoms with E-state index in [1.807, 2.05) is 13.8 Å². The van der Waals surface area contributed by atoms with Crippen LogP contribution in [0.15, 0.2) is 28.8 Å². The number of rotatable bonds is 8. The van der Waals surface area contributed by atoms with Crippen LogP contribution in [0.4, 0.5) is 10.1 Å². The molecule has 0 radical (unpaired) electrons. The molecule has 8 nitrogen and oxygen atoms in total. The molecular weight excluding hydrogens is 391 g/mol. The molecule has 1 amide bonds. The molecule has 1 aliphatic rings. The third-order valence-electron chi connectivity index (χ3n) is 5.42. The van der Waals surface area contributed by atoms with Gasteiger partial charge in [0.2, 0.25) is 5.91 Å². The van der Waals surface area contributed by atoms with Gasteiger partial charge in [0.05, 0.1) is 11.6 Å². The second-order valence-corrected chi connectivity index (χ2v) is 7.67. The van der Waals surface area contributed by atoms with Crippen LogP contribution in [0.3, 0.4) is 0 Å². The molecule has 0 spiro atoms. The first-order valence-electron chi connectivity index (χ1n) is 9.96. The maximum Gasteiger partial charge on any atom is 0.308 e. The molecule has 1 aliphatic heterocycles. The number of aliphatic carboxylic acids is 1. The van der Waals surface area contributed by atoms with Gasteiger partial charge in [-0.25, -0.2) is 4.39 Å². The Bertz CT molecular complexity index is 856. The fourth-order valence-electron chi connectivity index (χ4n) is 3.59. The lowest BCUT2D eigenvalue weighted by Gasteiger charge is -2.35. The van der Waals surface area contributed by atoms with Crippen molar-refractivity contribution < 1.29 is 23.6 Å². The molecule has 162 valence electrons. The topological polar surface area (TPSA) is 98.9 Å². The largest absolute Gasteiger partial charge is 0.481 e. The van der Waals surface area contributed by atoms with E-state index < -0.39 is 23.6 Å². The van der Waals surface area contributed by atoms with Crippen molar-refractivity contribution in [2.24, 2.45) is 5.92 Å². The summed E-state index contributed by atoms with van der Waals surface area (Å²) in [5.74, 6) is -1.77. The minimum absolute atomic E-state index is 0.133. The van der Waals surface area contributed by atoms with E-state index in [-0.39, 0.29) is 6.42 Å². The number of carboxylic acid groups (broad SMARTS) is 1. The van der Waals surface area contributed by atoms with E-state index in [0.29, 0.717) is 12.2 Å². The number of carbonyl (C=O) groups is 2. The number of anilines is 1. The summed E-state index contributed by atoms with van der Waals surface area (Å²) in [5, 5.41) is 16.2. The first-order chi connectivity index (χ1) is 14.3. The van der Waals surface area contributed by atoms with E-state index in [1.54, 1.807) is 0 Å². The maximum atomic E-state index is 13.0. The summed E-state index contributed by atoms with van der Waals surface area (Å²) in [4.78, 5) is 28.3. The van der Waals surface area contributed by atoms with Crippen LogP contribution in [0.25, 0.3) is 0 Å². The van der Waals surface area contributed by atoms with Gasteiger partial charge in [0.25, 0.3) is 0 Å². The number of carbonyl (C=O) groups excluding carboxylic acids is 1. The molecule has 1 aromatic heterocycles. The minimum Gasteiger partial charge on any atom is -0.481 e. The number of aryl methyl sites for hydroxylation is 2. The lowest BCUT2D eigenvalue weighted by molar-refractivity contribution is -0.144. The number of benzene rings is 1. The standard InChI is InChI=1S/C21H27FN4O4/c1-14-19(15(2)30-24-14)13-26-9-7-25(8-10-26)12-16(21(28)29)11-20(27)23-18-5-3-17(22)4-6-18/h3-6,16H,7-13H2,1-2H3,(H,23,27)(H,28,29)/t16-/m0/s1. The van der Waals surface area contributed by atoms with Crippen molar-refractivity contribution in [3.8, 4) is 0 Å². The van der Waals surface area contributed by atoms with Gasteiger partial charge in [-0.05, 0) is 38.1 Å². The van der Waals surface area contributed by atoms with Gasteiger partial charge in [0, 0.05) is 56.9 Å². The first kappa shape index (κ1) is 21.9. The number of carboxylic acids is 1. The quantitative estimate of drug-likeness (QED) is 0.679. The number of hydrogen-bond donors (Lipinski definition) is 2. The molecule has 2 aromatic rings. The fourth-order valence-corrected chi connectivity index (χ4v) is 3.59. The highest BCUT2D eigenvalue weighted by Gasteiger charge is 2.27. The number of nitrogens with one attached hydrogen (secondary N) is 1. The Balaban J connectivity index is 1.48. The number of aromatic nitrogens is 1. The van der Waals surface area contributed by atoms with Gasteiger partial charge >= 0.3 is 5.97 Å². The monoisotopic (exact) mass is 418 g/mol. The third-order valence-corrected chi connectivity index (χ3v) is 5.42. The van der Waals surface area contributed by atoms with Gasteiger partial charge in [-0.15, -0.1) is 0 Å². The van der Waals surface area contributed by atoms with Gasteiger partial charge in [-0.2, -0.15) is 0 Å². The molecule has 30 heavy (non-hydrogen) atoms. The molecule has 0 unspecified atom stereocenters. The van der Waals surface area contributed by atoms with E-state index in [0.717, 1.165) is 49.7 Å². The minimum atomic E-state index is -0.998. The van der Waals surface area contributed by atoms with E-state index in [9.17, 15) is 19.1 Å². The van der Waals surface area contributed by atoms with E-state index in [1.165, 1.54) is 24.3 Å². The van der Waals surface area contributed by atoms with Crippen LogP contribution in [0.5, 0.6) is 0 Å². The van der Waals surface area contributed by atoms with Gasteiger partial charge in [0.15, 0.2) is 0 Å². The van der Waals surface area contributed by atoms with E-state index >= 15 is 0 Å². The molecule has 1 saturated heterocycles. The van der Waals surface area contributed by atoms with Crippen molar-refractivity contribution in [2.75, 3.05) is 38.0 Å². The molecule has 1 atom stereocenters. The Morgan fingerprint density at radius 2 is 1.80 bits per heavy atom. The Labute approximate surface area is 174 Å². The number of hydrogen-bond acceptors (Lipinski definition) is 6. The predicted molar refractivity (Wildman–Crippen MR) is 108 cm³/mol. The third kappa shape index (κ3) is 5.87. The Morgan fingerprint density at radius 3 is 2.37 bits per heavy atom. The second-order valence-electron chi connectivity index (χ2n) is 7.67. The normalized spacial score (nSPS) is 16.4. The molecule has 0 saturated carbocycles. The van der Waals surface area contributed by atoms with Gasteiger partial charge in [-0.3, -0.25) is 19.4 Å². The van der Waals surface area contributed by atoms with Crippen molar-refractivity contribution in [3.63, 3.8) is 0 Å². The summed E-state index contributed by atoms with van der Waals surface area (Å²) in [6.45, 7) is 7.97. The van der Waals surface area contributed by atoms with Crippen molar-refractivity contribution >= 4 is 17.6 Å². The molecule has 1 aromatic carbocycles. The molecule has 9 heteroatoms. The summed E-state index contributed by atoms with van der Waals surface area (Å²) in [5.41, 5.74) is 2.44.